The monoisotopic (exact) mass is 277 g/mol. The highest BCUT2D eigenvalue weighted by Crippen LogP contribution is 2.35. The van der Waals surface area contributed by atoms with Crippen molar-refractivity contribution in [1.29, 1.82) is 0 Å². The van der Waals surface area contributed by atoms with E-state index in [-0.39, 0.29) is 5.91 Å². The van der Waals surface area contributed by atoms with Crippen molar-refractivity contribution < 1.29 is 4.79 Å². The minimum Gasteiger partial charge on any atom is -0.324 e. The first-order valence-electron chi connectivity index (χ1n) is 5.78. The van der Waals surface area contributed by atoms with Gasteiger partial charge in [-0.1, -0.05) is 11.6 Å². The average molecular weight is 278 g/mol. The van der Waals surface area contributed by atoms with E-state index in [1.165, 1.54) is 0 Å². The lowest BCUT2D eigenvalue weighted by Crippen LogP contribution is -2.19. The van der Waals surface area contributed by atoms with Crippen molar-refractivity contribution in [1.82, 2.24) is 14.8 Å². The van der Waals surface area contributed by atoms with Crippen LogP contribution in [-0.2, 0) is 4.79 Å². The smallest absolute Gasteiger partial charge is 0.245 e. The molecule has 1 aromatic carbocycles. The van der Waals surface area contributed by atoms with Crippen molar-refractivity contribution >= 4 is 23.2 Å². The second-order valence-corrected chi connectivity index (χ2v) is 4.88. The molecule has 0 bridgehead atoms. The molecule has 1 aromatic heterocycles. The first kappa shape index (κ1) is 12.1. The minimum atomic E-state index is -0.667. The van der Waals surface area contributed by atoms with Crippen LogP contribution in [0.2, 0.25) is 5.02 Å². The molecule has 19 heavy (non-hydrogen) atoms. The van der Waals surface area contributed by atoms with Crippen molar-refractivity contribution in [2.45, 2.75) is 19.9 Å². The molecule has 1 atom stereocenters. The van der Waals surface area contributed by atoms with Gasteiger partial charge in [0.25, 0.3) is 0 Å². The fourth-order valence-corrected chi connectivity index (χ4v) is 2.46. The van der Waals surface area contributed by atoms with E-state index in [2.05, 4.69) is 15.4 Å². The van der Waals surface area contributed by atoms with Crippen LogP contribution in [0.25, 0.3) is 5.69 Å². The maximum Gasteiger partial charge on any atom is 0.245 e. The molecule has 3 N–H and O–H groups in total. The van der Waals surface area contributed by atoms with Crippen molar-refractivity contribution in [2.75, 3.05) is 5.32 Å². The number of rotatable bonds is 1. The number of aryl methyl sites for hydroxylation is 2. The Balaban J connectivity index is 2.18. The van der Waals surface area contributed by atoms with Gasteiger partial charge in [0.05, 0.1) is 10.7 Å². The number of nitrogens with one attached hydrogen (secondary N) is 1. The Morgan fingerprint density at radius 2 is 2.16 bits per heavy atom. The molecule has 0 saturated heterocycles. The summed E-state index contributed by atoms with van der Waals surface area (Å²) in [4.78, 5) is 15.8. The molecule has 2 aromatic rings. The summed E-state index contributed by atoms with van der Waals surface area (Å²) in [5.41, 5.74) is 7.82. The first-order chi connectivity index (χ1) is 8.97. The van der Waals surface area contributed by atoms with Crippen LogP contribution < -0.4 is 11.1 Å². The molecule has 7 heteroatoms. The van der Waals surface area contributed by atoms with E-state index in [4.69, 9.17) is 17.3 Å². The maximum atomic E-state index is 11.5. The number of benzene rings is 1. The number of nitrogens with zero attached hydrogens (tertiary/aromatic N) is 3. The number of halogens is 1. The fraction of sp³-hybridized carbons (Fsp3) is 0.250. The highest BCUT2D eigenvalue weighted by Gasteiger charge is 2.28. The van der Waals surface area contributed by atoms with E-state index < -0.39 is 6.04 Å². The molecule has 98 valence electrons. The second-order valence-electron chi connectivity index (χ2n) is 4.48. The summed E-state index contributed by atoms with van der Waals surface area (Å²) in [5, 5.41) is 7.49. The second kappa shape index (κ2) is 4.04. The molecular formula is C12H12ClN5O. The third kappa shape index (κ3) is 1.80. The highest BCUT2D eigenvalue weighted by atomic mass is 35.5. The van der Waals surface area contributed by atoms with E-state index in [1.807, 2.05) is 13.8 Å². The minimum absolute atomic E-state index is 0.227. The van der Waals surface area contributed by atoms with Crippen molar-refractivity contribution in [3.8, 4) is 5.69 Å². The van der Waals surface area contributed by atoms with Crippen LogP contribution in [0.4, 0.5) is 5.69 Å². The van der Waals surface area contributed by atoms with Crippen LogP contribution >= 0.6 is 11.6 Å². The summed E-state index contributed by atoms with van der Waals surface area (Å²) in [6, 6.07) is 2.80. The van der Waals surface area contributed by atoms with Gasteiger partial charge in [0.1, 0.15) is 17.7 Å². The van der Waals surface area contributed by atoms with E-state index in [9.17, 15) is 4.79 Å². The summed E-state index contributed by atoms with van der Waals surface area (Å²) < 4.78 is 1.65. The Kier molecular flexibility index (Phi) is 2.58. The Morgan fingerprint density at radius 3 is 2.79 bits per heavy atom. The number of amides is 1. The molecule has 0 radical (unpaired) electrons. The Hall–Kier alpha value is -1.92. The Bertz CT molecular complexity index is 694. The largest absolute Gasteiger partial charge is 0.324 e. The summed E-state index contributed by atoms with van der Waals surface area (Å²) in [5.74, 6) is 1.16. The van der Waals surface area contributed by atoms with Gasteiger partial charge in [-0.05, 0) is 26.0 Å². The van der Waals surface area contributed by atoms with E-state index in [0.717, 1.165) is 5.82 Å². The zero-order valence-electron chi connectivity index (χ0n) is 10.4. The third-order valence-electron chi connectivity index (χ3n) is 3.10. The van der Waals surface area contributed by atoms with Crippen molar-refractivity contribution in [3.63, 3.8) is 0 Å². The predicted octanol–water partition coefficient (Wildman–Crippen LogP) is 1.49. The number of carbonyl (C=O) groups excluding carboxylic acids is 1. The molecule has 1 amide bonds. The first-order valence-corrected chi connectivity index (χ1v) is 6.15. The van der Waals surface area contributed by atoms with Gasteiger partial charge in [-0.3, -0.25) is 4.79 Å². The number of anilines is 1. The standard InChI is InChI=1S/C12H12ClN5O/c1-5-15-6(2)18(17-5)10-4-9-7(3-8(10)13)11(14)12(19)16-9/h3-4,11H,14H2,1-2H3,(H,16,19). The fourth-order valence-electron chi connectivity index (χ4n) is 2.21. The molecule has 2 heterocycles. The van der Waals surface area contributed by atoms with Crippen LogP contribution in [0.1, 0.15) is 23.3 Å². The Morgan fingerprint density at radius 1 is 1.42 bits per heavy atom. The van der Waals surface area contributed by atoms with Gasteiger partial charge in [0.15, 0.2) is 0 Å². The molecule has 1 aliphatic heterocycles. The maximum absolute atomic E-state index is 11.5. The summed E-state index contributed by atoms with van der Waals surface area (Å²) in [6.45, 7) is 3.65. The summed E-state index contributed by atoms with van der Waals surface area (Å²) in [7, 11) is 0. The van der Waals surface area contributed by atoms with Crippen LogP contribution in [0, 0.1) is 13.8 Å². The normalized spacial score (nSPS) is 17.5. The summed E-state index contributed by atoms with van der Waals surface area (Å²) >= 11 is 6.25. The van der Waals surface area contributed by atoms with Gasteiger partial charge >= 0.3 is 0 Å². The van der Waals surface area contributed by atoms with Crippen molar-refractivity contribution in [3.05, 3.63) is 34.4 Å². The summed E-state index contributed by atoms with van der Waals surface area (Å²) in [6.07, 6.45) is 0. The molecular weight excluding hydrogens is 266 g/mol. The molecule has 0 aliphatic carbocycles. The zero-order chi connectivity index (χ0) is 13.7. The SMILES string of the molecule is Cc1nc(C)n(-c2cc3c(cc2Cl)C(N)C(=O)N3)n1. The van der Waals surface area contributed by atoms with Gasteiger partial charge in [-0.2, -0.15) is 5.10 Å². The molecule has 1 aliphatic rings. The predicted molar refractivity (Wildman–Crippen MR) is 71.4 cm³/mol. The van der Waals surface area contributed by atoms with Crippen LogP contribution in [0.3, 0.4) is 0 Å². The molecule has 6 nitrogen and oxygen atoms in total. The van der Waals surface area contributed by atoms with Gasteiger partial charge < -0.3 is 11.1 Å². The van der Waals surface area contributed by atoms with Gasteiger partial charge in [0, 0.05) is 11.3 Å². The molecule has 3 rings (SSSR count). The van der Waals surface area contributed by atoms with E-state index >= 15 is 0 Å². The average Bonchev–Trinajstić information content (AvgIpc) is 2.81. The van der Waals surface area contributed by atoms with E-state index in [1.54, 1.807) is 16.8 Å². The number of carbonyl (C=O) groups is 1. The molecule has 0 saturated carbocycles. The van der Waals surface area contributed by atoms with Gasteiger partial charge in [-0.25, -0.2) is 9.67 Å². The topological polar surface area (TPSA) is 85.8 Å². The molecule has 1 unspecified atom stereocenters. The number of hydrogen-bond acceptors (Lipinski definition) is 4. The zero-order valence-corrected chi connectivity index (χ0v) is 11.2. The van der Waals surface area contributed by atoms with Crippen LogP contribution in [0.5, 0.6) is 0 Å². The van der Waals surface area contributed by atoms with Gasteiger partial charge in [0.2, 0.25) is 5.91 Å². The van der Waals surface area contributed by atoms with E-state index in [0.29, 0.717) is 27.8 Å². The third-order valence-corrected chi connectivity index (χ3v) is 3.40. The lowest BCUT2D eigenvalue weighted by molar-refractivity contribution is -0.116. The van der Waals surface area contributed by atoms with Crippen LogP contribution in [0.15, 0.2) is 12.1 Å². The number of aromatic nitrogens is 3. The van der Waals surface area contributed by atoms with Crippen LogP contribution in [-0.4, -0.2) is 20.7 Å². The number of nitrogens with two attached hydrogens (primary N) is 1. The van der Waals surface area contributed by atoms with Crippen molar-refractivity contribution in [2.24, 2.45) is 5.73 Å². The highest BCUT2D eigenvalue weighted by molar-refractivity contribution is 6.32. The van der Waals surface area contributed by atoms with Gasteiger partial charge in [-0.15, -0.1) is 0 Å². The number of fused-ring (bicyclic) bond motifs is 1. The molecule has 0 fully saturated rings. The lowest BCUT2D eigenvalue weighted by Gasteiger charge is -2.09. The quantitative estimate of drug-likeness (QED) is 0.827. The lowest BCUT2D eigenvalue weighted by atomic mass is 10.1. The Labute approximate surface area is 114 Å². The molecule has 0 spiro atoms. The number of hydrogen-bond donors (Lipinski definition) is 2.